The van der Waals surface area contributed by atoms with Crippen molar-refractivity contribution in [1.82, 2.24) is 0 Å². The Hall–Kier alpha value is -1.11. The summed E-state index contributed by atoms with van der Waals surface area (Å²) in [4.78, 5) is 0. The fourth-order valence-electron chi connectivity index (χ4n) is 2.03. The third kappa shape index (κ3) is 0.663. The van der Waals surface area contributed by atoms with Crippen LogP contribution in [0.5, 0.6) is 0 Å². The predicted octanol–water partition coefficient (Wildman–Crippen LogP) is 2.88. The van der Waals surface area contributed by atoms with Crippen molar-refractivity contribution in [3.63, 3.8) is 0 Å². The second-order valence-electron chi connectivity index (χ2n) is 3.72. The first kappa shape index (κ1) is 6.41. The van der Waals surface area contributed by atoms with E-state index < -0.39 is 0 Å². The Labute approximate surface area is 70.7 Å². The molecule has 0 aromatic heterocycles. The van der Waals surface area contributed by atoms with E-state index in [0.717, 1.165) is 5.56 Å². The van der Waals surface area contributed by atoms with Gasteiger partial charge in [-0.15, -0.1) is 0 Å². The molecule has 1 fully saturated rings. The summed E-state index contributed by atoms with van der Waals surface area (Å²) in [5, 5.41) is 0. The number of allylic oxidation sites excluding steroid dienone is 1. The fraction of sp³-hybridized carbons (Fsp3) is 0.273. The molecule has 12 heavy (non-hydrogen) atoms. The average Bonchev–Trinajstić information content (AvgIpc) is 2.73. The van der Waals surface area contributed by atoms with Crippen molar-refractivity contribution < 1.29 is 4.39 Å². The van der Waals surface area contributed by atoms with E-state index in [1.807, 2.05) is 12.1 Å². The van der Waals surface area contributed by atoms with Gasteiger partial charge in [-0.2, -0.15) is 0 Å². The molecule has 0 aliphatic heterocycles. The molecule has 1 aromatic rings. The summed E-state index contributed by atoms with van der Waals surface area (Å²) in [6.07, 6.45) is 6.74. The van der Waals surface area contributed by atoms with Crippen molar-refractivity contribution in [2.45, 2.75) is 18.3 Å². The molecule has 2 aliphatic rings. The first-order valence-corrected chi connectivity index (χ1v) is 4.29. The number of fused-ring (bicyclic) bond motifs is 2. The van der Waals surface area contributed by atoms with Gasteiger partial charge in [0.05, 0.1) is 0 Å². The number of halogens is 1. The molecule has 1 heteroatoms. The van der Waals surface area contributed by atoms with E-state index >= 15 is 0 Å². The van der Waals surface area contributed by atoms with Crippen LogP contribution in [0.3, 0.4) is 0 Å². The van der Waals surface area contributed by atoms with E-state index in [1.165, 1.54) is 18.4 Å². The van der Waals surface area contributed by atoms with Crippen LogP contribution in [0, 0.1) is 5.82 Å². The molecule has 0 unspecified atom stereocenters. The lowest BCUT2D eigenvalue weighted by Crippen LogP contribution is -1.98. The van der Waals surface area contributed by atoms with Gasteiger partial charge < -0.3 is 0 Å². The fourth-order valence-corrected chi connectivity index (χ4v) is 2.03. The highest BCUT2D eigenvalue weighted by Gasteiger charge is 2.45. The number of hydrogen-bond acceptors (Lipinski definition) is 0. The van der Waals surface area contributed by atoms with E-state index in [4.69, 9.17) is 0 Å². The molecule has 0 N–H and O–H groups in total. The van der Waals surface area contributed by atoms with Gasteiger partial charge in [0.15, 0.2) is 0 Å². The molecule has 60 valence electrons. The molecular weight excluding hydrogens is 151 g/mol. The Balaban J connectivity index is 2.24. The van der Waals surface area contributed by atoms with Crippen molar-refractivity contribution in [3.8, 4) is 0 Å². The zero-order chi connectivity index (χ0) is 8.18. The highest BCUT2D eigenvalue weighted by atomic mass is 19.1. The standard InChI is InChI=1S/C11H9F/c12-9-1-2-10-8(7-9)3-4-11(10)5-6-11/h1-4,7H,5-6H2. The normalized spacial score (nSPS) is 21.4. The molecule has 3 rings (SSSR count). The van der Waals surface area contributed by atoms with E-state index in [-0.39, 0.29) is 5.82 Å². The summed E-state index contributed by atoms with van der Waals surface area (Å²) >= 11 is 0. The summed E-state index contributed by atoms with van der Waals surface area (Å²) in [6, 6.07) is 5.11. The lowest BCUT2D eigenvalue weighted by molar-refractivity contribution is 0.626. The van der Waals surface area contributed by atoms with Gasteiger partial charge in [-0.25, -0.2) is 4.39 Å². The Kier molecular flexibility index (Phi) is 0.957. The molecule has 1 saturated carbocycles. The van der Waals surface area contributed by atoms with Gasteiger partial charge in [0.1, 0.15) is 5.82 Å². The predicted molar refractivity (Wildman–Crippen MR) is 46.3 cm³/mol. The second kappa shape index (κ2) is 1.79. The van der Waals surface area contributed by atoms with Crippen molar-refractivity contribution in [3.05, 3.63) is 41.2 Å². The first-order chi connectivity index (χ1) is 5.80. The Morgan fingerprint density at radius 3 is 2.83 bits per heavy atom. The molecule has 0 radical (unpaired) electrons. The summed E-state index contributed by atoms with van der Waals surface area (Å²) in [7, 11) is 0. The van der Waals surface area contributed by atoms with Crippen LogP contribution in [0.1, 0.15) is 24.0 Å². The third-order valence-corrected chi connectivity index (χ3v) is 2.92. The zero-order valence-electron chi connectivity index (χ0n) is 6.68. The molecule has 0 saturated heterocycles. The zero-order valence-corrected chi connectivity index (χ0v) is 6.68. The van der Waals surface area contributed by atoms with E-state index in [0.29, 0.717) is 5.41 Å². The van der Waals surface area contributed by atoms with Gasteiger partial charge >= 0.3 is 0 Å². The van der Waals surface area contributed by atoms with Crippen LogP contribution in [-0.4, -0.2) is 0 Å². The lowest BCUT2D eigenvalue weighted by Gasteiger charge is -2.06. The molecule has 0 heterocycles. The molecule has 0 bridgehead atoms. The van der Waals surface area contributed by atoms with Crippen molar-refractivity contribution >= 4 is 6.08 Å². The van der Waals surface area contributed by atoms with Crippen molar-refractivity contribution in [2.75, 3.05) is 0 Å². The average molecular weight is 160 g/mol. The van der Waals surface area contributed by atoms with Gasteiger partial charge in [-0.05, 0) is 36.1 Å². The minimum absolute atomic E-state index is 0.129. The minimum atomic E-state index is -0.129. The van der Waals surface area contributed by atoms with Crippen LogP contribution in [-0.2, 0) is 5.41 Å². The first-order valence-electron chi connectivity index (χ1n) is 4.29. The molecular formula is C11H9F. The monoisotopic (exact) mass is 160 g/mol. The molecule has 2 aliphatic carbocycles. The van der Waals surface area contributed by atoms with Gasteiger partial charge in [0.2, 0.25) is 0 Å². The maximum absolute atomic E-state index is 12.8. The molecule has 0 nitrogen and oxygen atoms in total. The maximum atomic E-state index is 12.8. The number of rotatable bonds is 0. The molecule has 0 atom stereocenters. The Bertz CT molecular complexity index is 373. The summed E-state index contributed by atoms with van der Waals surface area (Å²) in [6.45, 7) is 0. The smallest absolute Gasteiger partial charge is 0.123 e. The summed E-state index contributed by atoms with van der Waals surface area (Å²) < 4.78 is 12.8. The summed E-state index contributed by atoms with van der Waals surface area (Å²) in [5.74, 6) is -0.129. The maximum Gasteiger partial charge on any atom is 0.123 e. The topological polar surface area (TPSA) is 0 Å². The van der Waals surface area contributed by atoms with E-state index in [9.17, 15) is 4.39 Å². The van der Waals surface area contributed by atoms with Crippen molar-refractivity contribution in [1.29, 1.82) is 0 Å². The van der Waals surface area contributed by atoms with Gasteiger partial charge in [-0.1, -0.05) is 18.2 Å². The summed E-state index contributed by atoms with van der Waals surface area (Å²) in [5.41, 5.74) is 2.72. The Morgan fingerprint density at radius 2 is 2.08 bits per heavy atom. The van der Waals surface area contributed by atoms with Gasteiger partial charge in [0, 0.05) is 5.41 Å². The Morgan fingerprint density at radius 1 is 1.25 bits per heavy atom. The van der Waals surface area contributed by atoms with Crippen LogP contribution < -0.4 is 0 Å². The quantitative estimate of drug-likeness (QED) is 0.547. The van der Waals surface area contributed by atoms with Crippen LogP contribution in [0.25, 0.3) is 6.08 Å². The van der Waals surface area contributed by atoms with Crippen LogP contribution in [0.2, 0.25) is 0 Å². The van der Waals surface area contributed by atoms with Crippen LogP contribution in [0.15, 0.2) is 24.3 Å². The highest BCUT2D eigenvalue weighted by Crippen LogP contribution is 2.54. The van der Waals surface area contributed by atoms with Gasteiger partial charge in [-0.3, -0.25) is 0 Å². The van der Waals surface area contributed by atoms with E-state index in [2.05, 4.69) is 6.08 Å². The molecule has 1 spiro atoms. The molecule has 1 aromatic carbocycles. The number of benzene rings is 1. The van der Waals surface area contributed by atoms with Crippen LogP contribution in [0.4, 0.5) is 4.39 Å². The second-order valence-corrected chi connectivity index (χ2v) is 3.72. The third-order valence-electron chi connectivity index (χ3n) is 2.92. The minimum Gasteiger partial charge on any atom is -0.207 e. The van der Waals surface area contributed by atoms with Gasteiger partial charge in [0.25, 0.3) is 0 Å². The largest absolute Gasteiger partial charge is 0.207 e. The number of hydrogen-bond donors (Lipinski definition) is 0. The SMILES string of the molecule is Fc1ccc2c(c1)C=CC21CC1. The van der Waals surface area contributed by atoms with Crippen LogP contribution >= 0.6 is 0 Å². The lowest BCUT2D eigenvalue weighted by atomic mass is 9.98. The highest BCUT2D eigenvalue weighted by molar-refractivity contribution is 5.67. The van der Waals surface area contributed by atoms with Crippen molar-refractivity contribution in [2.24, 2.45) is 0 Å². The molecule has 0 amide bonds. The van der Waals surface area contributed by atoms with E-state index in [1.54, 1.807) is 12.1 Å².